The second-order valence-corrected chi connectivity index (χ2v) is 12.0. The van der Waals surface area contributed by atoms with E-state index in [2.05, 4.69) is 31.4 Å². The summed E-state index contributed by atoms with van der Waals surface area (Å²) in [7, 11) is 3.62. The second kappa shape index (κ2) is 14.7. The van der Waals surface area contributed by atoms with Crippen molar-refractivity contribution in [3.63, 3.8) is 0 Å². The van der Waals surface area contributed by atoms with Crippen LogP contribution < -0.4 is 15.4 Å². The van der Waals surface area contributed by atoms with Gasteiger partial charge < -0.3 is 30.1 Å². The van der Waals surface area contributed by atoms with E-state index in [1.165, 1.54) is 0 Å². The number of urea groups is 1. The highest BCUT2D eigenvalue weighted by atomic mass is 16.5. The number of aliphatic hydroxyl groups is 1. The van der Waals surface area contributed by atoms with Crippen molar-refractivity contribution in [1.82, 2.24) is 15.5 Å². The zero-order valence-corrected chi connectivity index (χ0v) is 24.5. The lowest BCUT2D eigenvalue weighted by molar-refractivity contribution is -0.0575. The molecular weight excluding hydrogens is 490 g/mol. The van der Waals surface area contributed by atoms with Crippen LogP contribution in [0.1, 0.15) is 64.9 Å². The fourth-order valence-electron chi connectivity index (χ4n) is 5.71. The summed E-state index contributed by atoms with van der Waals surface area (Å²) in [6.07, 6.45) is 4.79. The third kappa shape index (κ3) is 9.23. The van der Waals surface area contributed by atoms with Crippen molar-refractivity contribution < 1.29 is 19.4 Å². The minimum Gasteiger partial charge on any atom is -0.457 e. The Morgan fingerprint density at radius 1 is 1.10 bits per heavy atom. The minimum absolute atomic E-state index is 0.0378. The topological polar surface area (TPSA) is 83.1 Å². The van der Waals surface area contributed by atoms with Gasteiger partial charge in [0.05, 0.1) is 5.60 Å². The molecule has 0 radical (unpaired) electrons. The average Bonchev–Trinajstić information content (AvgIpc) is 2.91. The molecule has 1 aliphatic heterocycles. The summed E-state index contributed by atoms with van der Waals surface area (Å²) in [6, 6.07) is 17.4. The summed E-state index contributed by atoms with van der Waals surface area (Å²) in [5.41, 5.74) is -0.267. The molecule has 3 unspecified atom stereocenters. The number of unbranched alkanes of at least 4 members (excludes halogenated alkanes) is 1. The number of piperidine rings is 1. The van der Waals surface area contributed by atoms with Crippen molar-refractivity contribution in [2.45, 2.75) is 70.9 Å². The Balaban J connectivity index is 1.84. The van der Waals surface area contributed by atoms with Gasteiger partial charge in [0.15, 0.2) is 0 Å². The zero-order chi connectivity index (χ0) is 28.3. The Kier molecular flexibility index (Phi) is 11.6. The summed E-state index contributed by atoms with van der Waals surface area (Å²) >= 11 is 0. The van der Waals surface area contributed by atoms with E-state index >= 15 is 0 Å². The number of hydrogen-bond acceptors (Lipinski definition) is 5. The number of nitrogens with zero attached hydrogens (tertiary/aromatic N) is 1. The molecule has 1 aliphatic rings. The zero-order valence-electron chi connectivity index (χ0n) is 24.5. The lowest BCUT2D eigenvalue weighted by Gasteiger charge is -2.43. The number of carbonyl (C=O) groups is 1. The van der Waals surface area contributed by atoms with Crippen molar-refractivity contribution in [3.8, 4) is 11.5 Å². The van der Waals surface area contributed by atoms with E-state index in [-0.39, 0.29) is 23.4 Å². The number of hydrogen-bond donors (Lipinski definition) is 3. The van der Waals surface area contributed by atoms with Gasteiger partial charge in [0.25, 0.3) is 0 Å². The maximum Gasteiger partial charge on any atom is 0.317 e. The van der Waals surface area contributed by atoms with Crippen molar-refractivity contribution in [2.24, 2.45) is 11.3 Å². The van der Waals surface area contributed by atoms with E-state index in [4.69, 9.17) is 9.47 Å². The summed E-state index contributed by atoms with van der Waals surface area (Å²) in [5, 5.41) is 19.0. The van der Waals surface area contributed by atoms with Gasteiger partial charge in [-0.15, -0.1) is 0 Å². The van der Waals surface area contributed by atoms with E-state index in [1.807, 2.05) is 66.5 Å². The number of likely N-dealkylation sites (tertiary alicyclic amines) is 1. The largest absolute Gasteiger partial charge is 0.457 e. The predicted octanol–water partition coefficient (Wildman–Crippen LogP) is 5.93. The number of carbonyl (C=O) groups excluding carboxylic acids is 1. The maximum absolute atomic E-state index is 13.4. The molecule has 1 saturated heterocycles. The van der Waals surface area contributed by atoms with Gasteiger partial charge in [-0.2, -0.15) is 0 Å². The number of rotatable bonds is 13. The summed E-state index contributed by atoms with van der Waals surface area (Å²) in [5.74, 6) is 1.26. The molecule has 2 aromatic rings. The van der Waals surface area contributed by atoms with Gasteiger partial charge in [-0.25, -0.2) is 4.79 Å². The quantitative estimate of drug-likeness (QED) is 0.275. The van der Waals surface area contributed by atoms with Gasteiger partial charge in [0.1, 0.15) is 11.5 Å². The van der Waals surface area contributed by atoms with Crippen LogP contribution in [-0.2, 0) is 10.3 Å². The highest BCUT2D eigenvalue weighted by Gasteiger charge is 2.43. The number of para-hydroxylation sites is 2. The molecule has 0 bridgehead atoms. The van der Waals surface area contributed by atoms with Crippen LogP contribution in [0.25, 0.3) is 0 Å². The predicted molar refractivity (Wildman–Crippen MR) is 157 cm³/mol. The molecule has 216 valence electrons. The molecule has 3 atom stereocenters. The number of benzene rings is 2. The van der Waals surface area contributed by atoms with Crippen molar-refractivity contribution >= 4 is 6.03 Å². The Labute approximate surface area is 235 Å². The van der Waals surface area contributed by atoms with Crippen LogP contribution in [0, 0.1) is 11.3 Å². The third-order valence-electron chi connectivity index (χ3n) is 7.50. The van der Waals surface area contributed by atoms with E-state index in [1.54, 1.807) is 7.11 Å². The Hall–Kier alpha value is -2.61. The lowest BCUT2D eigenvalue weighted by Crippen LogP contribution is -2.54. The van der Waals surface area contributed by atoms with Crippen LogP contribution in [0.15, 0.2) is 54.6 Å². The van der Waals surface area contributed by atoms with Crippen LogP contribution in [0.5, 0.6) is 11.5 Å². The van der Waals surface area contributed by atoms with Crippen molar-refractivity contribution in [1.29, 1.82) is 0 Å². The fourth-order valence-corrected chi connectivity index (χ4v) is 5.71. The average molecular weight is 540 g/mol. The highest BCUT2D eigenvalue weighted by molar-refractivity contribution is 5.74. The number of methoxy groups -OCH3 is 1. The monoisotopic (exact) mass is 539 g/mol. The van der Waals surface area contributed by atoms with Gasteiger partial charge in [-0.3, -0.25) is 0 Å². The highest BCUT2D eigenvalue weighted by Crippen LogP contribution is 2.44. The first-order chi connectivity index (χ1) is 18.7. The van der Waals surface area contributed by atoms with E-state index in [9.17, 15) is 9.90 Å². The molecule has 0 saturated carbocycles. The molecule has 39 heavy (non-hydrogen) atoms. The molecule has 3 N–H and O–H groups in total. The molecule has 0 aliphatic carbocycles. The molecule has 3 rings (SSSR count). The van der Waals surface area contributed by atoms with Gasteiger partial charge >= 0.3 is 6.03 Å². The molecule has 0 aromatic heterocycles. The smallest absolute Gasteiger partial charge is 0.317 e. The molecule has 0 spiro atoms. The van der Waals surface area contributed by atoms with E-state index < -0.39 is 5.60 Å². The third-order valence-corrected chi connectivity index (χ3v) is 7.50. The second-order valence-electron chi connectivity index (χ2n) is 12.0. The van der Waals surface area contributed by atoms with E-state index in [0.717, 1.165) is 43.4 Å². The van der Waals surface area contributed by atoms with Crippen LogP contribution in [0.3, 0.4) is 0 Å². The van der Waals surface area contributed by atoms with Crippen LogP contribution in [0.4, 0.5) is 4.79 Å². The Morgan fingerprint density at radius 2 is 1.82 bits per heavy atom. The van der Waals surface area contributed by atoms with Crippen molar-refractivity contribution in [3.05, 3.63) is 60.2 Å². The molecule has 7 heteroatoms. The SMILES string of the molecule is CNCC(CC(C)(C)C)NC(=O)N1CCCC(C(O)(CCCCOC)c2ccccc2Oc2ccccc2)C1. The number of likely N-dealkylation sites (N-methyl/N-ethyl adjacent to an activating group) is 1. The van der Waals surface area contributed by atoms with Gasteiger partial charge in [0, 0.05) is 50.9 Å². The van der Waals surface area contributed by atoms with E-state index in [0.29, 0.717) is 38.4 Å². The standard InChI is InChI=1S/C32H49N3O4/c1-31(2,3)22-26(23-33-4)34-30(36)35-20-13-14-25(24-35)32(37,19-11-12-21-38-5)28-17-9-10-18-29(28)39-27-15-7-6-8-16-27/h6-10,15-18,25-26,33,37H,11-14,19-24H2,1-5H3,(H,34,36). The van der Waals surface area contributed by atoms with Crippen molar-refractivity contribution in [2.75, 3.05) is 40.4 Å². The molecule has 7 nitrogen and oxygen atoms in total. The number of ether oxygens (including phenoxy) is 2. The molecular formula is C32H49N3O4. The molecule has 2 amide bonds. The first-order valence-corrected chi connectivity index (χ1v) is 14.4. The summed E-state index contributed by atoms with van der Waals surface area (Å²) in [4.78, 5) is 15.3. The van der Waals surface area contributed by atoms with Crippen LogP contribution in [-0.4, -0.2) is 62.5 Å². The number of amides is 2. The van der Waals surface area contributed by atoms with Gasteiger partial charge in [-0.05, 0) is 69.2 Å². The summed E-state index contributed by atoms with van der Waals surface area (Å²) in [6.45, 7) is 9.12. The molecule has 1 heterocycles. The van der Waals surface area contributed by atoms with Crippen LogP contribution >= 0.6 is 0 Å². The lowest BCUT2D eigenvalue weighted by atomic mass is 9.73. The maximum atomic E-state index is 13.4. The minimum atomic E-state index is -1.14. The normalized spacial score (nSPS) is 18.3. The molecule has 1 fully saturated rings. The van der Waals surface area contributed by atoms with Gasteiger partial charge in [-0.1, -0.05) is 57.2 Å². The van der Waals surface area contributed by atoms with Crippen LogP contribution in [0.2, 0.25) is 0 Å². The van der Waals surface area contributed by atoms with Gasteiger partial charge in [0.2, 0.25) is 0 Å². The Bertz CT molecular complexity index is 1010. The first kappa shape index (κ1) is 30.9. The molecule has 2 aromatic carbocycles. The number of nitrogens with one attached hydrogen (secondary N) is 2. The fraction of sp³-hybridized carbons (Fsp3) is 0.594. The first-order valence-electron chi connectivity index (χ1n) is 14.4. The Morgan fingerprint density at radius 3 is 2.51 bits per heavy atom. The summed E-state index contributed by atoms with van der Waals surface area (Å²) < 4.78 is 11.6.